The van der Waals surface area contributed by atoms with E-state index in [0.717, 1.165) is 26.0 Å². The summed E-state index contributed by atoms with van der Waals surface area (Å²) in [7, 11) is 1.36. The van der Waals surface area contributed by atoms with Crippen LogP contribution in [0, 0.1) is 0 Å². The Kier molecular flexibility index (Phi) is 8.19. The topological polar surface area (TPSA) is 70.1 Å². The highest BCUT2D eigenvalue weighted by molar-refractivity contribution is 9.10. The van der Waals surface area contributed by atoms with Gasteiger partial charge in [-0.15, -0.1) is 22.7 Å². The van der Waals surface area contributed by atoms with Gasteiger partial charge < -0.3 is 9.84 Å². The minimum atomic E-state index is -0.472. The number of methoxy groups -OCH3 is 1. The van der Waals surface area contributed by atoms with E-state index in [0.29, 0.717) is 37.2 Å². The quantitative estimate of drug-likeness (QED) is 0.484. The van der Waals surface area contributed by atoms with E-state index in [-0.39, 0.29) is 11.2 Å². The predicted octanol–water partition coefficient (Wildman–Crippen LogP) is 4.75. The summed E-state index contributed by atoms with van der Waals surface area (Å²) in [5, 5.41) is 17.6. The third kappa shape index (κ3) is 6.32. The van der Waals surface area contributed by atoms with Crippen LogP contribution in [0.2, 0.25) is 0 Å². The number of aliphatic hydroxyl groups excluding tert-OH is 1. The van der Waals surface area contributed by atoms with Crippen LogP contribution in [0.5, 0.6) is 0 Å². The molecule has 0 spiro atoms. The highest BCUT2D eigenvalue weighted by Crippen LogP contribution is 2.24. The Morgan fingerprint density at radius 3 is 2.86 bits per heavy atom. The predicted molar refractivity (Wildman–Crippen MR) is 121 cm³/mol. The molecule has 1 atom stereocenters. The SMILES string of the molecule is COC(=O)c1ccc(CCN2C(=O)SC=CN2CCC(O)Cc2cc(Br)cs2)s1. The third-order valence-electron chi connectivity index (χ3n) is 4.29. The number of carbonyl (C=O) groups is 2. The molecule has 0 aliphatic carbocycles. The van der Waals surface area contributed by atoms with Gasteiger partial charge in [0.05, 0.1) is 13.2 Å². The summed E-state index contributed by atoms with van der Waals surface area (Å²) < 4.78 is 5.77. The van der Waals surface area contributed by atoms with Gasteiger partial charge in [0.1, 0.15) is 4.88 Å². The van der Waals surface area contributed by atoms with Crippen LogP contribution in [0.4, 0.5) is 4.79 Å². The van der Waals surface area contributed by atoms with E-state index in [4.69, 9.17) is 4.74 Å². The summed E-state index contributed by atoms with van der Waals surface area (Å²) in [5.74, 6) is -0.345. The Hall–Kier alpha value is -1.33. The summed E-state index contributed by atoms with van der Waals surface area (Å²) >= 11 is 7.57. The van der Waals surface area contributed by atoms with Crippen molar-refractivity contribution in [3.63, 3.8) is 0 Å². The maximum absolute atomic E-state index is 12.4. The standard InChI is InChI=1S/C19H21BrN2O4S3/c1-26-18(24)17-3-2-15(29-17)5-7-22-19(25)27-9-8-21(22)6-4-14(23)11-16-10-13(20)12-28-16/h2-3,8-10,12,14,23H,4-7,11H2,1H3. The molecule has 0 aromatic carbocycles. The molecule has 0 radical (unpaired) electrons. The first-order valence-corrected chi connectivity index (χ1v) is 12.3. The Morgan fingerprint density at radius 2 is 2.14 bits per heavy atom. The first-order valence-electron chi connectivity index (χ1n) is 8.95. The zero-order valence-electron chi connectivity index (χ0n) is 15.7. The summed E-state index contributed by atoms with van der Waals surface area (Å²) in [6.45, 7) is 1.06. The smallest absolute Gasteiger partial charge is 0.348 e. The fraction of sp³-hybridized carbons (Fsp3) is 0.368. The Bertz CT molecular complexity index is 882. The number of rotatable bonds is 9. The lowest BCUT2D eigenvalue weighted by atomic mass is 10.1. The van der Waals surface area contributed by atoms with E-state index >= 15 is 0 Å². The Balaban J connectivity index is 1.53. The molecular formula is C19H21BrN2O4S3. The number of hydrogen-bond acceptors (Lipinski definition) is 8. The molecular weight excluding hydrogens is 496 g/mol. The molecule has 1 N–H and O–H groups in total. The van der Waals surface area contributed by atoms with E-state index in [2.05, 4.69) is 15.9 Å². The van der Waals surface area contributed by atoms with Crippen LogP contribution in [0.15, 0.2) is 39.7 Å². The average Bonchev–Trinajstić information content (AvgIpc) is 3.34. The number of esters is 1. The second-order valence-electron chi connectivity index (χ2n) is 6.34. The molecule has 0 bridgehead atoms. The molecule has 6 nitrogen and oxygen atoms in total. The van der Waals surface area contributed by atoms with Gasteiger partial charge in [0.2, 0.25) is 0 Å². The molecule has 156 valence electrons. The van der Waals surface area contributed by atoms with E-state index in [9.17, 15) is 14.7 Å². The molecule has 0 fully saturated rings. The Labute approximate surface area is 190 Å². The third-order valence-corrected chi connectivity index (χ3v) is 7.81. The molecule has 2 aromatic rings. The van der Waals surface area contributed by atoms with Gasteiger partial charge in [0.15, 0.2) is 0 Å². The monoisotopic (exact) mass is 516 g/mol. The van der Waals surface area contributed by atoms with Gasteiger partial charge in [-0.05, 0) is 57.7 Å². The van der Waals surface area contributed by atoms with Gasteiger partial charge in [-0.25, -0.2) is 9.80 Å². The zero-order chi connectivity index (χ0) is 20.8. The van der Waals surface area contributed by atoms with Crippen molar-refractivity contribution in [1.82, 2.24) is 10.0 Å². The molecule has 0 saturated carbocycles. The number of thioether (sulfide) groups is 1. The maximum Gasteiger partial charge on any atom is 0.348 e. The van der Waals surface area contributed by atoms with Crippen molar-refractivity contribution in [2.75, 3.05) is 20.2 Å². The number of nitrogens with zero attached hydrogens (tertiary/aromatic N) is 2. The lowest BCUT2D eigenvalue weighted by molar-refractivity contribution is 0.0549. The normalized spacial score (nSPS) is 15.1. The minimum Gasteiger partial charge on any atom is -0.465 e. The van der Waals surface area contributed by atoms with E-state index in [1.54, 1.807) is 27.8 Å². The average molecular weight is 517 g/mol. The zero-order valence-corrected chi connectivity index (χ0v) is 19.8. The number of ether oxygens (including phenoxy) is 1. The van der Waals surface area contributed by atoms with Crippen LogP contribution in [0.3, 0.4) is 0 Å². The van der Waals surface area contributed by atoms with Crippen molar-refractivity contribution in [3.05, 3.63) is 54.3 Å². The minimum absolute atomic E-state index is 0.0473. The van der Waals surface area contributed by atoms with Gasteiger partial charge >= 0.3 is 11.2 Å². The fourth-order valence-electron chi connectivity index (χ4n) is 2.84. The molecule has 1 aliphatic heterocycles. The van der Waals surface area contributed by atoms with Crippen molar-refractivity contribution in [1.29, 1.82) is 0 Å². The number of aliphatic hydroxyl groups is 1. The molecule has 1 aliphatic rings. The second-order valence-corrected chi connectivity index (χ2v) is 10.3. The molecule has 1 unspecified atom stereocenters. The van der Waals surface area contributed by atoms with Crippen LogP contribution in [-0.4, -0.2) is 52.6 Å². The van der Waals surface area contributed by atoms with E-state index in [1.165, 1.54) is 18.4 Å². The van der Waals surface area contributed by atoms with Crippen LogP contribution < -0.4 is 0 Å². The number of hydrogen-bond donors (Lipinski definition) is 1. The first kappa shape index (κ1) is 22.4. The highest BCUT2D eigenvalue weighted by Gasteiger charge is 2.23. The van der Waals surface area contributed by atoms with Crippen molar-refractivity contribution in [2.24, 2.45) is 0 Å². The number of carbonyl (C=O) groups excluding carboxylic acids is 2. The first-order chi connectivity index (χ1) is 14.0. The fourth-order valence-corrected chi connectivity index (χ4v) is 5.91. The number of hydrazine groups is 1. The molecule has 29 heavy (non-hydrogen) atoms. The van der Waals surface area contributed by atoms with E-state index in [1.807, 2.05) is 28.7 Å². The van der Waals surface area contributed by atoms with Gasteiger partial charge in [-0.3, -0.25) is 9.80 Å². The van der Waals surface area contributed by atoms with Crippen LogP contribution >= 0.6 is 50.4 Å². The molecule has 3 rings (SSSR count). The molecule has 3 heterocycles. The summed E-state index contributed by atoms with van der Waals surface area (Å²) in [6.07, 6.45) is 3.20. The number of halogens is 1. The number of amides is 1. The maximum atomic E-state index is 12.4. The van der Waals surface area contributed by atoms with Crippen LogP contribution in [0.25, 0.3) is 0 Å². The summed E-state index contributed by atoms with van der Waals surface area (Å²) in [6, 6.07) is 5.65. The molecule has 0 saturated heterocycles. The van der Waals surface area contributed by atoms with Gasteiger partial charge in [-0.1, -0.05) is 0 Å². The highest BCUT2D eigenvalue weighted by atomic mass is 79.9. The van der Waals surface area contributed by atoms with Crippen LogP contribution in [-0.2, 0) is 17.6 Å². The van der Waals surface area contributed by atoms with Gasteiger partial charge in [-0.2, -0.15) is 0 Å². The largest absolute Gasteiger partial charge is 0.465 e. The lowest BCUT2D eigenvalue weighted by Gasteiger charge is -2.36. The number of thiophene rings is 2. The van der Waals surface area contributed by atoms with Gasteiger partial charge in [0.25, 0.3) is 0 Å². The van der Waals surface area contributed by atoms with E-state index < -0.39 is 6.10 Å². The second kappa shape index (κ2) is 10.6. The van der Waals surface area contributed by atoms with Gasteiger partial charge in [0, 0.05) is 51.7 Å². The van der Waals surface area contributed by atoms with Crippen molar-refractivity contribution >= 4 is 61.6 Å². The molecule has 2 aromatic heterocycles. The summed E-state index contributed by atoms with van der Waals surface area (Å²) in [5.41, 5.74) is 0. The van der Waals surface area contributed by atoms with Crippen molar-refractivity contribution in [2.45, 2.75) is 25.4 Å². The van der Waals surface area contributed by atoms with Crippen molar-refractivity contribution in [3.8, 4) is 0 Å². The lowest BCUT2D eigenvalue weighted by Crippen LogP contribution is -2.45. The summed E-state index contributed by atoms with van der Waals surface area (Å²) in [4.78, 5) is 26.7. The molecule has 1 amide bonds. The molecule has 10 heteroatoms. The van der Waals surface area contributed by atoms with Crippen LogP contribution in [0.1, 0.15) is 25.8 Å². The van der Waals surface area contributed by atoms with Crippen molar-refractivity contribution < 1.29 is 19.4 Å². The Morgan fingerprint density at radius 1 is 1.31 bits per heavy atom.